The Hall–Kier alpha value is -1.36. The van der Waals surface area contributed by atoms with Crippen molar-refractivity contribution >= 4 is 11.9 Å². The molecule has 6 rings (SSSR count). The van der Waals surface area contributed by atoms with Crippen LogP contribution in [-0.2, 0) is 19.1 Å². The van der Waals surface area contributed by atoms with Crippen molar-refractivity contribution in [3.63, 3.8) is 0 Å². The van der Waals surface area contributed by atoms with E-state index in [1.54, 1.807) is 0 Å². The lowest BCUT2D eigenvalue weighted by atomic mass is 9.47. The Balaban J connectivity index is 1.18. The molecule has 4 saturated carbocycles. The fourth-order valence-corrected chi connectivity index (χ4v) is 9.53. The van der Waals surface area contributed by atoms with Gasteiger partial charge in [-0.3, -0.25) is 4.79 Å². The molecule has 1 spiro atoms. The zero-order valence-corrected chi connectivity index (χ0v) is 20.9. The summed E-state index contributed by atoms with van der Waals surface area (Å²) in [6, 6.07) is 0.740. The first-order valence-electron chi connectivity index (χ1n) is 13.5. The number of hydrogen-bond donors (Lipinski definition) is 0. The minimum absolute atomic E-state index is 0.0727. The molecule has 1 saturated heterocycles. The van der Waals surface area contributed by atoms with Gasteiger partial charge >= 0.3 is 11.9 Å². The second-order valence-corrected chi connectivity index (χ2v) is 12.7. The molecule has 182 valence electrons. The Morgan fingerprint density at radius 1 is 1.03 bits per heavy atom. The Kier molecular flexibility index (Phi) is 4.91. The van der Waals surface area contributed by atoms with E-state index in [4.69, 9.17) is 9.47 Å². The third-order valence-corrected chi connectivity index (χ3v) is 11.4. The van der Waals surface area contributed by atoms with Gasteiger partial charge in [0, 0.05) is 38.8 Å². The van der Waals surface area contributed by atoms with Gasteiger partial charge in [-0.1, -0.05) is 18.6 Å². The SMILES string of the molecule is CC(=O)OC1(C(=O)OC2CCC3(C)C(=CCC4C3CCC35CN(C)C(C)C3CCC45)C2)CC1. The van der Waals surface area contributed by atoms with Crippen LogP contribution in [0.3, 0.4) is 0 Å². The lowest BCUT2D eigenvalue weighted by Gasteiger charge is -2.58. The molecule has 8 atom stereocenters. The monoisotopic (exact) mass is 455 g/mol. The summed E-state index contributed by atoms with van der Waals surface area (Å²) in [5.74, 6) is 2.67. The number of ether oxygens (including phenoxy) is 2. The summed E-state index contributed by atoms with van der Waals surface area (Å²) in [6.07, 6.45) is 13.4. The number of likely N-dealkylation sites (tertiary alicyclic amines) is 1. The molecular formula is C28H41NO4. The van der Waals surface area contributed by atoms with Crippen LogP contribution in [0.15, 0.2) is 11.6 Å². The molecule has 8 unspecified atom stereocenters. The fourth-order valence-electron chi connectivity index (χ4n) is 9.53. The summed E-state index contributed by atoms with van der Waals surface area (Å²) in [6.45, 7) is 7.66. The average Bonchev–Trinajstić information content (AvgIpc) is 3.38. The first kappa shape index (κ1) is 22.1. The highest BCUT2D eigenvalue weighted by Crippen LogP contribution is 2.68. The minimum Gasteiger partial charge on any atom is -0.459 e. The summed E-state index contributed by atoms with van der Waals surface area (Å²) < 4.78 is 11.2. The van der Waals surface area contributed by atoms with Crippen LogP contribution in [0.2, 0.25) is 0 Å². The molecule has 0 N–H and O–H groups in total. The zero-order valence-electron chi connectivity index (χ0n) is 20.9. The highest BCUT2D eigenvalue weighted by molar-refractivity contribution is 5.86. The van der Waals surface area contributed by atoms with Crippen LogP contribution in [0.1, 0.15) is 85.0 Å². The average molecular weight is 456 g/mol. The van der Waals surface area contributed by atoms with Gasteiger partial charge in [0.15, 0.2) is 0 Å². The molecule has 0 amide bonds. The second kappa shape index (κ2) is 7.32. The lowest BCUT2D eigenvalue weighted by molar-refractivity contribution is -0.175. The predicted molar refractivity (Wildman–Crippen MR) is 125 cm³/mol. The highest BCUT2D eigenvalue weighted by Gasteiger charge is 2.64. The van der Waals surface area contributed by atoms with Crippen molar-refractivity contribution in [2.75, 3.05) is 13.6 Å². The van der Waals surface area contributed by atoms with Crippen LogP contribution in [0.4, 0.5) is 0 Å². The Bertz CT molecular complexity index is 892. The van der Waals surface area contributed by atoms with E-state index < -0.39 is 11.6 Å². The molecule has 0 aromatic heterocycles. The lowest BCUT2D eigenvalue weighted by Crippen LogP contribution is -2.52. The molecule has 0 aromatic carbocycles. The second-order valence-electron chi connectivity index (χ2n) is 12.7. The van der Waals surface area contributed by atoms with Crippen LogP contribution in [-0.4, -0.2) is 48.2 Å². The maximum atomic E-state index is 12.8. The van der Waals surface area contributed by atoms with Crippen LogP contribution < -0.4 is 0 Å². The van der Waals surface area contributed by atoms with Gasteiger partial charge in [0.25, 0.3) is 0 Å². The summed E-state index contributed by atoms with van der Waals surface area (Å²) in [5.41, 5.74) is 1.38. The van der Waals surface area contributed by atoms with Crippen LogP contribution in [0.25, 0.3) is 0 Å². The number of rotatable bonds is 3. The molecule has 5 heteroatoms. The smallest absolute Gasteiger partial charge is 0.350 e. The van der Waals surface area contributed by atoms with Crippen LogP contribution in [0.5, 0.6) is 0 Å². The Morgan fingerprint density at radius 3 is 2.52 bits per heavy atom. The summed E-state index contributed by atoms with van der Waals surface area (Å²) >= 11 is 0. The van der Waals surface area contributed by atoms with Crippen LogP contribution in [0, 0.1) is 34.5 Å². The van der Waals surface area contributed by atoms with Gasteiger partial charge in [0.05, 0.1) is 0 Å². The summed E-state index contributed by atoms with van der Waals surface area (Å²) in [7, 11) is 2.34. The first-order valence-corrected chi connectivity index (χ1v) is 13.5. The number of hydrogen-bond acceptors (Lipinski definition) is 5. The molecule has 5 nitrogen and oxygen atoms in total. The summed E-state index contributed by atoms with van der Waals surface area (Å²) in [4.78, 5) is 26.8. The number of esters is 2. The zero-order chi connectivity index (χ0) is 23.2. The maximum Gasteiger partial charge on any atom is 0.350 e. The normalized spacial score (nSPS) is 47.5. The Labute approximate surface area is 198 Å². The standard InChI is InChI=1S/C28H41NO4/c1-17-22-7-8-24-21-6-5-19-15-20(32-25(31)28(13-14-28)33-18(2)30)9-11-26(19,3)23(21)10-12-27(22,24)16-29(17)4/h5,17,20-24H,6-16H2,1-4H3. The molecule has 1 aliphatic heterocycles. The number of allylic oxidation sites excluding steroid dienone is 1. The maximum absolute atomic E-state index is 12.8. The third-order valence-electron chi connectivity index (χ3n) is 11.4. The van der Waals surface area contributed by atoms with Crippen LogP contribution >= 0.6 is 0 Å². The third kappa shape index (κ3) is 3.13. The van der Waals surface area contributed by atoms with Gasteiger partial charge in [0.2, 0.25) is 5.60 Å². The van der Waals surface area contributed by atoms with Gasteiger partial charge in [0.1, 0.15) is 6.10 Å². The number of carbonyl (C=O) groups is 2. The van der Waals surface area contributed by atoms with Crippen molar-refractivity contribution in [2.45, 2.75) is 103 Å². The van der Waals surface area contributed by atoms with Gasteiger partial charge in [-0.25, -0.2) is 4.79 Å². The molecule has 0 bridgehead atoms. The van der Waals surface area contributed by atoms with E-state index >= 15 is 0 Å². The molecular weight excluding hydrogens is 414 g/mol. The van der Waals surface area contributed by atoms with Crippen molar-refractivity contribution in [3.8, 4) is 0 Å². The topological polar surface area (TPSA) is 55.8 Å². The van der Waals surface area contributed by atoms with E-state index in [0.29, 0.717) is 18.3 Å². The van der Waals surface area contributed by atoms with Crippen molar-refractivity contribution < 1.29 is 19.1 Å². The van der Waals surface area contributed by atoms with Crippen molar-refractivity contribution in [3.05, 3.63) is 11.6 Å². The first-order chi connectivity index (χ1) is 15.7. The van der Waals surface area contributed by atoms with Crippen molar-refractivity contribution in [1.29, 1.82) is 0 Å². The van der Waals surface area contributed by atoms with Crippen molar-refractivity contribution in [1.82, 2.24) is 4.90 Å². The largest absolute Gasteiger partial charge is 0.459 e. The van der Waals surface area contributed by atoms with Gasteiger partial charge < -0.3 is 14.4 Å². The van der Waals surface area contributed by atoms with E-state index in [1.165, 1.54) is 51.1 Å². The molecule has 33 heavy (non-hydrogen) atoms. The van der Waals surface area contributed by atoms with E-state index in [9.17, 15) is 9.59 Å². The highest BCUT2D eigenvalue weighted by atomic mass is 16.6. The Morgan fingerprint density at radius 2 is 1.79 bits per heavy atom. The fraction of sp³-hybridized carbons (Fsp3) is 0.857. The van der Waals surface area contributed by atoms with Crippen molar-refractivity contribution in [2.24, 2.45) is 34.5 Å². The summed E-state index contributed by atoms with van der Waals surface area (Å²) in [5, 5.41) is 0. The van der Waals surface area contributed by atoms with E-state index in [0.717, 1.165) is 49.0 Å². The number of fused-ring (bicyclic) bond motifs is 4. The predicted octanol–water partition coefficient (Wildman–Crippen LogP) is 4.89. The van der Waals surface area contributed by atoms with Gasteiger partial charge in [-0.2, -0.15) is 0 Å². The number of nitrogens with zero attached hydrogens (tertiary/aromatic N) is 1. The molecule has 5 aliphatic carbocycles. The van der Waals surface area contributed by atoms with E-state index in [1.807, 2.05) is 0 Å². The molecule has 6 aliphatic rings. The molecule has 0 radical (unpaired) electrons. The van der Waals surface area contributed by atoms with Gasteiger partial charge in [-0.15, -0.1) is 0 Å². The van der Waals surface area contributed by atoms with E-state index in [2.05, 4.69) is 31.9 Å². The molecule has 1 heterocycles. The number of carbonyl (C=O) groups excluding carboxylic acids is 2. The molecule has 0 aromatic rings. The van der Waals surface area contributed by atoms with E-state index in [-0.39, 0.29) is 17.5 Å². The molecule has 5 fully saturated rings. The quantitative estimate of drug-likeness (QED) is 0.448. The minimum atomic E-state index is -0.985. The van der Waals surface area contributed by atoms with Gasteiger partial charge in [-0.05, 0) is 93.4 Å².